The lowest BCUT2D eigenvalue weighted by molar-refractivity contribution is 0.416. The molecule has 0 bridgehead atoms. The molecule has 1 heteroatoms. The van der Waals surface area contributed by atoms with Crippen LogP contribution in [0.25, 0.3) is 0 Å². The van der Waals surface area contributed by atoms with Crippen molar-refractivity contribution in [1.82, 2.24) is 5.32 Å². The average molecular weight is 197 g/mol. The van der Waals surface area contributed by atoms with Crippen LogP contribution in [0.3, 0.4) is 0 Å². The maximum absolute atomic E-state index is 3.43. The third kappa shape index (κ3) is 4.45. The van der Waals surface area contributed by atoms with Crippen LogP contribution in [-0.4, -0.2) is 13.1 Å². The highest BCUT2D eigenvalue weighted by molar-refractivity contribution is 4.69. The van der Waals surface area contributed by atoms with Gasteiger partial charge in [0, 0.05) is 6.04 Å². The molecular formula is C13H27N. The van der Waals surface area contributed by atoms with Crippen LogP contribution < -0.4 is 5.32 Å². The van der Waals surface area contributed by atoms with Gasteiger partial charge in [0.1, 0.15) is 0 Å². The van der Waals surface area contributed by atoms with Crippen LogP contribution in [0.4, 0.5) is 0 Å². The lowest BCUT2D eigenvalue weighted by atomic mass is 9.97. The second kappa shape index (κ2) is 7.28. The van der Waals surface area contributed by atoms with Gasteiger partial charge in [-0.15, -0.1) is 0 Å². The fraction of sp³-hybridized carbons (Fsp3) is 1.00. The lowest BCUT2D eigenvalue weighted by Crippen LogP contribution is -2.24. The van der Waals surface area contributed by atoms with Crippen molar-refractivity contribution >= 4 is 0 Å². The highest BCUT2D eigenvalue weighted by atomic mass is 14.9. The van der Waals surface area contributed by atoms with Crippen LogP contribution in [0.2, 0.25) is 0 Å². The molecule has 1 saturated carbocycles. The zero-order valence-electron chi connectivity index (χ0n) is 10.0. The zero-order chi connectivity index (χ0) is 10.2. The van der Waals surface area contributed by atoms with Gasteiger partial charge in [0.2, 0.25) is 0 Å². The smallest absolute Gasteiger partial charge is 0.00639 e. The van der Waals surface area contributed by atoms with Crippen LogP contribution in [0.5, 0.6) is 0 Å². The second-order valence-electron chi connectivity index (χ2n) is 4.86. The fourth-order valence-electron chi connectivity index (χ4n) is 2.73. The Morgan fingerprint density at radius 3 is 2.50 bits per heavy atom. The molecule has 1 aliphatic carbocycles. The summed E-state index contributed by atoms with van der Waals surface area (Å²) >= 11 is 0. The molecule has 1 atom stereocenters. The second-order valence-corrected chi connectivity index (χ2v) is 4.86. The van der Waals surface area contributed by atoms with E-state index >= 15 is 0 Å². The maximum Gasteiger partial charge on any atom is 0.00639 e. The summed E-state index contributed by atoms with van der Waals surface area (Å²) in [5.41, 5.74) is 0. The minimum atomic E-state index is 0.779. The van der Waals surface area contributed by atoms with Crippen molar-refractivity contribution in [2.75, 3.05) is 7.05 Å². The van der Waals surface area contributed by atoms with Gasteiger partial charge in [-0.25, -0.2) is 0 Å². The molecular weight excluding hydrogens is 170 g/mol. The van der Waals surface area contributed by atoms with E-state index in [1.165, 1.54) is 57.8 Å². The van der Waals surface area contributed by atoms with E-state index in [9.17, 15) is 0 Å². The zero-order valence-corrected chi connectivity index (χ0v) is 10.0. The van der Waals surface area contributed by atoms with Gasteiger partial charge in [-0.3, -0.25) is 0 Å². The van der Waals surface area contributed by atoms with Gasteiger partial charge in [0.05, 0.1) is 0 Å². The molecule has 0 aromatic rings. The molecule has 0 heterocycles. The van der Waals surface area contributed by atoms with E-state index in [0.29, 0.717) is 0 Å². The maximum atomic E-state index is 3.43. The summed E-state index contributed by atoms with van der Waals surface area (Å²) in [6.45, 7) is 2.28. The average Bonchev–Trinajstić information content (AvgIpc) is 2.69. The van der Waals surface area contributed by atoms with Gasteiger partial charge in [-0.1, -0.05) is 51.9 Å². The van der Waals surface area contributed by atoms with Gasteiger partial charge >= 0.3 is 0 Å². The summed E-state index contributed by atoms with van der Waals surface area (Å²) < 4.78 is 0. The van der Waals surface area contributed by atoms with Crippen LogP contribution in [-0.2, 0) is 0 Å². The van der Waals surface area contributed by atoms with E-state index in [1.807, 2.05) is 0 Å². The summed E-state index contributed by atoms with van der Waals surface area (Å²) in [4.78, 5) is 0. The van der Waals surface area contributed by atoms with Crippen molar-refractivity contribution in [3.63, 3.8) is 0 Å². The van der Waals surface area contributed by atoms with Gasteiger partial charge in [0.15, 0.2) is 0 Å². The number of rotatable bonds is 7. The summed E-state index contributed by atoms with van der Waals surface area (Å²) in [6.07, 6.45) is 13.0. The Bertz CT molecular complexity index is 127. The fourth-order valence-corrected chi connectivity index (χ4v) is 2.73. The molecule has 1 N–H and O–H groups in total. The normalized spacial score (nSPS) is 20.1. The summed E-state index contributed by atoms with van der Waals surface area (Å²) in [5, 5.41) is 3.43. The Labute approximate surface area is 89.7 Å². The first-order valence-electron chi connectivity index (χ1n) is 6.54. The highest BCUT2D eigenvalue weighted by Gasteiger charge is 2.14. The molecule has 1 fully saturated rings. The molecule has 1 aliphatic rings. The van der Waals surface area contributed by atoms with Gasteiger partial charge in [-0.05, 0) is 25.8 Å². The van der Waals surface area contributed by atoms with Crippen LogP contribution in [0.15, 0.2) is 0 Å². The van der Waals surface area contributed by atoms with E-state index in [-0.39, 0.29) is 0 Å². The van der Waals surface area contributed by atoms with Gasteiger partial charge < -0.3 is 5.32 Å². The molecule has 0 aliphatic heterocycles. The van der Waals surface area contributed by atoms with Crippen molar-refractivity contribution in [3.05, 3.63) is 0 Å². The predicted molar refractivity (Wildman–Crippen MR) is 63.6 cm³/mol. The Hall–Kier alpha value is -0.0400. The molecule has 0 aromatic carbocycles. The minimum absolute atomic E-state index is 0.779. The summed E-state index contributed by atoms with van der Waals surface area (Å²) in [5.74, 6) is 1.08. The third-order valence-electron chi connectivity index (χ3n) is 3.69. The first-order valence-corrected chi connectivity index (χ1v) is 6.54. The molecule has 0 saturated heterocycles. The van der Waals surface area contributed by atoms with Crippen molar-refractivity contribution < 1.29 is 0 Å². The number of hydrogen-bond donors (Lipinski definition) is 1. The lowest BCUT2D eigenvalue weighted by Gasteiger charge is -2.16. The number of nitrogens with one attached hydrogen (secondary N) is 1. The molecule has 1 nitrogen and oxygen atoms in total. The van der Waals surface area contributed by atoms with Crippen molar-refractivity contribution in [3.8, 4) is 0 Å². The van der Waals surface area contributed by atoms with Crippen molar-refractivity contribution in [2.24, 2.45) is 5.92 Å². The molecule has 0 amide bonds. The minimum Gasteiger partial charge on any atom is -0.317 e. The van der Waals surface area contributed by atoms with Crippen molar-refractivity contribution in [2.45, 2.75) is 70.8 Å². The molecule has 14 heavy (non-hydrogen) atoms. The summed E-state index contributed by atoms with van der Waals surface area (Å²) in [6, 6.07) is 0.779. The van der Waals surface area contributed by atoms with Crippen molar-refractivity contribution in [1.29, 1.82) is 0 Å². The van der Waals surface area contributed by atoms with E-state index in [2.05, 4.69) is 19.3 Å². The Balaban J connectivity index is 2.00. The SMILES string of the molecule is CCCC(CCCC1CCCC1)NC. The summed E-state index contributed by atoms with van der Waals surface area (Å²) in [7, 11) is 2.11. The van der Waals surface area contributed by atoms with Crippen LogP contribution in [0, 0.1) is 5.92 Å². The first kappa shape index (κ1) is 12.0. The molecule has 0 spiro atoms. The molecule has 84 valence electrons. The third-order valence-corrected chi connectivity index (χ3v) is 3.69. The Kier molecular flexibility index (Phi) is 6.25. The van der Waals surface area contributed by atoms with Gasteiger partial charge in [0.25, 0.3) is 0 Å². The standard InChI is InChI=1S/C13H27N/c1-3-7-13(14-2)11-6-10-12-8-4-5-9-12/h12-14H,3-11H2,1-2H3. The molecule has 0 aromatic heterocycles. The monoisotopic (exact) mass is 197 g/mol. The van der Waals surface area contributed by atoms with Crippen LogP contribution in [0.1, 0.15) is 64.7 Å². The topological polar surface area (TPSA) is 12.0 Å². The Morgan fingerprint density at radius 1 is 1.21 bits per heavy atom. The van der Waals surface area contributed by atoms with Crippen LogP contribution >= 0.6 is 0 Å². The first-order chi connectivity index (χ1) is 6.86. The molecule has 1 rings (SSSR count). The molecule has 1 unspecified atom stereocenters. The quantitative estimate of drug-likeness (QED) is 0.655. The van der Waals surface area contributed by atoms with Gasteiger partial charge in [-0.2, -0.15) is 0 Å². The van der Waals surface area contributed by atoms with E-state index in [0.717, 1.165) is 12.0 Å². The number of hydrogen-bond acceptors (Lipinski definition) is 1. The predicted octanol–water partition coefficient (Wildman–Crippen LogP) is 3.74. The highest BCUT2D eigenvalue weighted by Crippen LogP contribution is 2.29. The Morgan fingerprint density at radius 2 is 1.93 bits per heavy atom. The van der Waals surface area contributed by atoms with E-state index < -0.39 is 0 Å². The largest absolute Gasteiger partial charge is 0.317 e. The molecule has 0 radical (unpaired) electrons. The van der Waals surface area contributed by atoms with E-state index in [1.54, 1.807) is 0 Å². The van der Waals surface area contributed by atoms with E-state index in [4.69, 9.17) is 0 Å².